The summed E-state index contributed by atoms with van der Waals surface area (Å²) in [5.74, 6) is -4.19. The van der Waals surface area contributed by atoms with E-state index in [2.05, 4.69) is 10.1 Å². The monoisotopic (exact) mass is 616 g/mol. The maximum absolute atomic E-state index is 15.4. The van der Waals surface area contributed by atoms with Gasteiger partial charge in [0, 0.05) is 74.6 Å². The maximum Gasteiger partial charge on any atom is 0.387 e. The van der Waals surface area contributed by atoms with E-state index in [9.17, 15) is 18.4 Å². The molecule has 1 aromatic heterocycles. The Morgan fingerprint density at radius 2 is 1.70 bits per heavy atom. The van der Waals surface area contributed by atoms with Gasteiger partial charge in [0.1, 0.15) is 29.2 Å². The van der Waals surface area contributed by atoms with Crippen LogP contribution in [0.2, 0.25) is 0 Å². The minimum atomic E-state index is -3.04. The molecule has 2 aliphatic heterocycles. The van der Waals surface area contributed by atoms with Crippen LogP contribution >= 0.6 is 0 Å². The van der Waals surface area contributed by atoms with Crippen LogP contribution in [0.1, 0.15) is 46.3 Å². The zero-order chi connectivity index (χ0) is 31.5. The molecule has 0 radical (unpaired) electrons. The SMILES string of the molecule is COc1cc(F)c([C@@H]2CN(c3nc(C4CCOCC4)ccc3N(C)C)C(=O)[C@H]2NC(=O)c2ccc(OC(F)F)cc2)c(F)c1. The number of amides is 2. The molecule has 0 saturated carbocycles. The third-order valence-electron chi connectivity index (χ3n) is 7.85. The van der Waals surface area contributed by atoms with E-state index >= 15 is 8.78 Å². The van der Waals surface area contributed by atoms with Crippen molar-refractivity contribution >= 4 is 23.3 Å². The van der Waals surface area contributed by atoms with Crippen LogP contribution < -0.4 is 24.6 Å². The number of ether oxygens (including phenoxy) is 3. The second-order valence-electron chi connectivity index (χ2n) is 10.8. The molecular formula is C31H32F4N4O5. The van der Waals surface area contributed by atoms with Crippen LogP contribution in [0, 0.1) is 11.6 Å². The van der Waals surface area contributed by atoms with E-state index in [0.717, 1.165) is 30.7 Å². The molecule has 0 unspecified atom stereocenters. The molecule has 44 heavy (non-hydrogen) atoms. The quantitative estimate of drug-likeness (QED) is 0.344. The normalized spacial score (nSPS) is 18.9. The summed E-state index contributed by atoms with van der Waals surface area (Å²) in [6.45, 7) is -2.06. The van der Waals surface area contributed by atoms with Crippen molar-refractivity contribution in [2.75, 3.05) is 50.8 Å². The summed E-state index contributed by atoms with van der Waals surface area (Å²) >= 11 is 0. The zero-order valence-electron chi connectivity index (χ0n) is 24.4. The molecule has 2 fully saturated rings. The van der Waals surface area contributed by atoms with Crippen molar-refractivity contribution in [2.45, 2.75) is 37.3 Å². The van der Waals surface area contributed by atoms with E-state index in [-0.39, 0.29) is 35.1 Å². The summed E-state index contributed by atoms with van der Waals surface area (Å²) in [5.41, 5.74) is 1.00. The number of anilines is 2. The lowest BCUT2D eigenvalue weighted by atomic mass is 9.92. The molecule has 13 heteroatoms. The highest BCUT2D eigenvalue weighted by molar-refractivity contribution is 6.06. The van der Waals surface area contributed by atoms with Crippen LogP contribution in [0.25, 0.3) is 0 Å². The lowest BCUT2D eigenvalue weighted by molar-refractivity contribution is -0.118. The second kappa shape index (κ2) is 13.1. The first-order valence-electron chi connectivity index (χ1n) is 14.0. The van der Waals surface area contributed by atoms with Gasteiger partial charge in [-0.3, -0.25) is 14.5 Å². The molecule has 2 atom stereocenters. The van der Waals surface area contributed by atoms with Gasteiger partial charge in [0.2, 0.25) is 0 Å². The Labute approximate surface area is 251 Å². The first kappa shape index (κ1) is 31.0. The van der Waals surface area contributed by atoms with Crippen molar-refractivity contribution in [3.8, 4) is 11.5 Å². The van der Waals surface area contributed by atoms with Gasteiger partial charge in [-0.25, -0.2) is 13.8 Å². The Bertz CT molecular complexity index is 1490. The summed E-state index contributed by atoms with van der Waals surface area (Å²) in [5, 5.41) is 2.62. The van der Waals surface area contributed by atoms with Crippen LogP contribution in [-0.2, 0) is 9.53 Å². The number of nitrogens with zero attached hydrogens (tertiary/aromatic N) is 3. The molecule has 2 aliphatic rings. The number of nitrogens with one attached hydrogen (secondary N) is 1. The van der Waals surface area contributed by atoms with Gasteiger partial charge in [-0.1, -0.05) is 0 Å². The number of aromatic nitrogens is 1. The van der Waals surface area contributed by atoms with Crippen molar-refractivity contribution < 1.29 is 41.4 Å². The molecule has 1 N–H and O–H groups in total. The first-order valence-corrected chi connectivity index (χ1v) is 14.0. The Morgan fingerprint density at radius 1 is 1.05 bits per heavy atom. The zero-order valence-corrected chi connectivity index (χ0v) is 24.4. The van der Waals surface area contributed by atoms with E-state index in [1.54, 1.807) is 19.0 Å². The fourth-order valence-corrected chi connectivity index (χ4v) is 5.61. The largest absolute Gasteiger partial charge is 0.497 e. The number of hydrogen-bond donors (Lipinski definition) is 1. The summed E-state index contributed by atoms with van der Waals surface area (Å²) < 4.78 is 70.8. The van der Waals surface area contributed by atoms with Gasteiger partial charge in [-0.2, -0.15) is 8.78 Å². The number of rotatable bonds is 9. The number of benzene rings is 2. The van der Waals surface area contributed by atoms with Crippen molar-refractivity contribution in [3.63, 3.8) is 0 Å². The van der Waals surface area contributed by atoms with Crippen LogP contribution in [0.5, 0.6) is 11.5 Å². The van der Waals surface area contributed by atoms with Crippen LogP contribution in [0.3, 0.4) is 0 Å². The highest BCUT2D eigenvalue weighted by Crippen LogP contribution is 2.40. The molecule has 2 amide bonds. The summed E-state index contributed by atoms with van der Waals surface area (Å²) in [6, 6.07) is 9.24. The molecule has 9 nitrogen and oxygen atoms in total. The third kappa shape index (κ3) is 6.42. The Kier molecular flexibility index (Phi) is 9.23. The molecule has 2 aromatic carbocycles. The van der Waals surface area contributed by atoms with Gasteiger partial charge in [0.05, 0.1) is 12.8 Å². The number of carbonyl (C=O) groups is 2. The van der Waals surface area contributed by atoms with Crippen LogP contribution in [0.15, 0.2) is 48.5 Å². The van der Waals surface area contributed by atoms with Crippen LogP contribution in [0.4, 0.5) is 29.1 Å². The molecule has 0 aliphatic carbocycles. The lowest BCUT2D eigenvalue weighted by Crippen LogP contribution is -2.44. The predicted molar refractivity (Wildman–Crippen MR) is 154 cm³/mol. The Morgan fingerprint density at radius 3 is 2.30 bits per heavy atom. The minimum Gasteiger partial charge on any atom is -0.497 e. The predicted octanol–water partition coefficient (Wildman–Crippen LogP) is 4.86. The Hall–Kier alpha value is -4.39. The number of halogens is 4. The molecule has 0 bridgehead atoms. The topological polar surface area (TPSA) is 93.2 Å². The Balaban J connectivity index is 1.53. The van der Waals surface area contributed by atoms with Gasteiger partial charge in [0.15, 0.2) is 5.82 Å². The van der Waals surface area contributed by atoms with Crippen molar-refractivity contribution in [1.29, 1.82) is 0 Å². The van der Waals surface area contributed by atoms with E-state index < -0.39 is 42.0 Å². The number of pyridine rings is 1. The molecule has 3 aromatic rings. The number of hydrogen-bond acceptors (Lipinski definition) is 7. The van der Waals surface area contributed by atoms with Crippen LogP contribution in [-0.4, -0.2) is 70.4 Å². The summed E-state index contributed by atoms with van der Waals surface area (Å²) in [6.07, 6.45) is 1.51. The molecule has 2 saturated heterocycles. The van der Waals surface area contributed by atoms with Gasteiger partial charge in [0.25, 0.3) is 11.8 Å². The fraction of sp³-hybridized carbons (Fsp3) is 0.387. The number of methoxy groups -OCH3 is 1. The molecule has 5 rings (SSSR count). The third-order valence-corrected chi connectivity index (χ3v) is 7.85. The fourth-order valence-electron chi connectivity index (χ4n) is 5.61. The van der Waals surface area contributed by atoms with Crippen molar-refractivity contribution in [2.24, 2.45) is 0 Å². The standard InChI is InChI=1S/C31H32F4N4O5/c1-38(2)25-9-8-24(17-10-12-43-13-11-17)36-28(25)39-16-21(26-22(32)14-20(42-3)15-23(26)33)27(30(39)41)37-29(40)18-4-6-19(7-5-18)44-31(34)35/h4-9,14-15,17,21,27,31H,10-13,16H2,1-3H3,(H,37,40)/t21-,27-/m0/s1. The lowest BCUT2D eigenvalue weighted by Gasteiger charge is -2.27. The van der Waals surface area contributed by atoms with Gasteiger partial charge in [-0.05, 0) is 49.2 Å². The van der Waals surface area contributed by atoms with Gasteiger partial charge < -0.3 is 24.4 Å². The van der Waals surface area contributed by atoms with E-state index in [1.807, 2.05) is 12.1 Å². The molecular weight excluding hydrogens is 584 g/mol. The average molecular weight is 617 g/mol. The van der Waals surface area contributed by atoms with Crippen molar-refractivity contribution in [3.05, 3.63) is 77.0 Å². The van der Waals surface area contributed by atoms with Gasteiger partial charge in [-0.15, -0.1) is 0 Å². The van der Waals surface area contributed by atoms with E-state index in [0.29, 0.717) is 24.7 Å². The summed E-state index contributed by atoms with van der Waals surface area (Å²) in [4.78, 5) is 35.4. The maximum atomic E-state index is 15.4. The van der Waals surface area contributed by atoms with E-state index in [4.69, 9.17) is 14.5 Å². The molecule has 234 valence electrons. The summed E-state index contributed by atoms with van der Waals surface area (Å²) in [7, 11) is 4.85. The van der Waals surface area contributed by atoms with E-state index in [1.165, 1.54) is 36.3 Å². The number of alkyl halides is 2. The second-order valence-corrected chi connectivity index (χ2v) is 10.8. The smallest absolute Gasteiger partial charge is 0.387 e. The van der Waals surface area contributed by atoms with Crippen molar-refractivity contribution in [1.82, 2.24) is 10.3 Å². The highest BCUT2D eigenvalue weighted by Gasteiger charge is 2.46. The average Bonchev–Trinajstić information content (AvgIpc) is 3.31. The number of carbonyl (C=O) groups excluding carboxylic acids is 2. The highest BCUT2D eigenvalue weighted by atomic mass is 19.3. The first-order chi connectivity index (χ1) is 21.1. The van der Waals surface area contributed by atoms with Gasteiger partial charge >= 0.3 is 6.61 Å². The molecule has 3 heterocycles. The molecule has 0 spiro atoms. The minimum absolute atomic E-state index is 0.0286.